The summed E-state index contributed by atoms with van der Waals surface area (Å²) in [5.74, 6) is -1.51. The van der Waals surface area contributed by atoms with Gasteiger partial charge in [0.2, 0.25) is 6.29 Å². The maximum Gasteiger partial charge on any atom is 0.335 e. The normalized spacial score (nSPS) is 26.4. The van der Waals surface area contributed by atoms with E-state index in [1.165, 1.54) is 0 Å². The summed E-state index contributed by atoms with van der Waals surface area (Å²) in [6.07, 6.45) is -8.25. The van der Waals surface area contributed by atoms with E-state index in [0.717, 1.165) is 5.56 Å². The third kappa shape index (κ3) is 5.85. The van der Waals surface area contributed by atoms with Crippen LogP contribution in [0.5, 0.6) is 11.5 Å². The van der Waals surface area contributed by atoms with Crippen LogP contribution in [0, 0.1) is 19.3 Å². The summed E-state index contributed by atoms with van der Waals surface area (Å²) in [4.78, 5) is 23.7. The van der Waals surface area contributed by atoms with E-state index in [1.54, 1.807) is 39.8 Å². The monoisotopic (exact) mass is 442 g/mol. The fourth-order valence-corrected chi connectivity index (χ4v) is 3.14. The number of aliphatic carboxylic acids is 1. The number of ether oxygens (including phenoxy) is 3. The molecule has 5 atom stereocenters. The van der Waals surface area contributed by atoms with Crippen molar-refractivity contribution in [3.63, 3.8) is 0 Å². The first-order valence-corrected chi connectivity index (χ1v) is 9.91. The molecular formula is C21H30O10. The summed E-state index contributed by atoms with van der Waals surface area (Å²) in [5.41, 5.74) is 0.438. The Morgan fingerprint density at radius 3 is 2.32 bits per heavy atom. The molecule has 174 valence electrons. The average molecular weight is 442 g/mol. The highest BCUT2D eigenvalue weighted by Gasteiger charge is 2.49. The number of phenolic OH excluding ortho intramolecular Hbond substituents is 1. The number of benzene rings is 1. The predicted octanol–water partition coefficient (Wildman–Crippen LogP) is 0.630. The second-order valence-corrected chi connectivity index (χ2v) is 8.38. The number of hydrogen-bond donors (Lipinski definition) is 5. The van der Waals surface area contributed by atoms with Crippen LogP contribution in [0.2, 0.25) is 0 Å². The standard InChI is InChI=1S/C21H30O10/c1-10-9-13(11(2)8-12(10)22)29-7-5-6-21(3,4)20(28)31-19-16(25)14(23)15(24)17(30-19)18(26)27/h8-9,14-17,19,22-25H,5-7H2,1-4H3,(H,26,27). The van der Waals surface area contributed by atoms with Crippen LogP contribution >= 0.6 is 0 Å². The van der Waals surface area contributed by atoms with Crippen LogP contribution < -0.4 is 4.74 Å². The number of aliphatic hydroxyl groups excluding tert-OH is 3. The quantitative estimate of drug-likeness (QED) is 0.285. The van der Waals surface area contributed by atoms with E-state index >= 15 is 0 Å². The van der Waals surface area contributed by atoms with Crippen LogP contribution in [0.3, 0.4) is 0 Å². The fraction of sp³-hybridized carbons (Fsp3) is 0.619. The minimum atomic E-state index is -1.86. The van der Waals surface area contributed by atoms with Gasteiger partial charge in [-0.2, -0.15) is 0 Å². The van der Waals surface area contributed by atoms with Gasteiger partial charge in [-0.15, -0.1) is 0 Å². The van der Waals surface area contributed by atoms with Crippen molar-refractivity contribution in [2.24, 2.45) is 5.41 Å². The third-order valence-corrected chi connectivity index (χ3v) is 5.29. The number of aromatic hydroxyl groups is 1. The Hall–Kier alpha value is -2.40. The van der Waals surface area contributed by atoms with Gasteiger partial charge >= 0.3 is 11.9 Å². The molecule has 5 N–H and O–H groups in total. The van der Waals surface area contributed by atoms with Crippen LogP contribution in [-0.4, -0.2) is 74.8 Å². The van der Waals surface area contributed by atoms with E-state index in [1.807, 2.05) is 0 Å². The summed E-state index contributed by atoms with van der Waals surface area (Å²) in [6, 6.07) is 3.33. The zero-order valence-electron chi connectivity index (χ0n) is 17.9. The van der Waals surface area contributed by atoms with E-state index in [9.17, 15) is 30.0 Å². The molecule has 2 rings (SSSR count). The molecule has 0 radical (unpaired) electrons. The van der Waals surface area contributed by atoms with Gasteiger partial charge in [-0.3, -0.25) is 4.79 Å². The molecule has 0 bridgehead atoms. The molecule has 0 amide bonds. The molecule has 1 aromatic rings. The van der Waals surface area contributed by atoms with Crippen LogP contribution in [0.1, 0.15) is 37.8 Å². The van der Waals surface area contributed by atoms with Crippen molar-refractivity contribution >= 4 is 11.9 Å². The number of carbonyl (C=O) groups is 2. The molecule has 0 aliphatic carbocycles. The van der Waals surface area contributed by atoms with Gasteiger partial charge in [0.05, 0.1) is 12.0 Å². The number of carbonyl (C=O) groups excluding carboxylic acids is 1. The number of phenols is 1. The first kappa shape index (κ1) is 24.9. The number of rotatable bonds is 8. The van der Waals surface area contributed by atoms with Gasteiger partial charge in [0.15, 0.2) is 6.10 Å². The van der Waals surface area contributed by atoms with Gasteiger partial charge in [0.1, 0.15) is 29.8 Å². The molecule has 1 fully saturated rings. The van der Waals surface area contributed by atoms with Gasteiger partial charge in [-0.05, 0) is 63.8 Å². The molecule has 1 saturated heterocycles. The molecule has 0 spiro atoms. The molecule has 5 unspecified atom stereocenters. The van der Waals surface area contributed by atoms with Gasteiger partial charge in [0, 0.05) is 0 Å². The van der Waals surface area contributed by atoms with Crippen LogP contribution in [0.15, 0.2) is 12.1 Å². The molecular weight excluding hydrogens is 412 g/mol. The Morgan fingerprint density at radius 1 is 1.06 bits per heavy atom. The summed E-state index contributed by atoms with van der Waals surface area (Å²) in [6.45, 7) is 7.09. The lowest BCUT2D eigenvalue weighted by atomic mass is 9.88. The number of aryl methyl sites for hydroxylation is 2. The van der Waals surface area contributed by atoms with E-state index in [-0.39, 0.29) is 5.75 Å². The second-order valence-electron chi connectivity index (χ2n) is 8.38. The first-order chi connectivity index (χ1) is 14.3. The minimum Gasteiger partial charge on any atom is -0.508 e. The Labute approximate surface area is 180 Å². The lowest BCUT2D eigenvalue weighted by Crippen LogP contribution is -2.61. The molecule has 31 heavy (non-hydrogen) atoms. The summed E-state index contributed by atoms with van der Waals surface area (Å²) < 4.78 is 15.8. The molecule has 0 saturated carbocycles. The van der Waals surface area contributed by atoms with Gasteiger partial charge < -0.3 is 39.7 Å². The van der Waals surface area contributed by atoms with Gasteiger partial charge in [-0.1, -0.05) is 0 Å². The topological polar surface area (TPSA) is 163 Å². The molecule has 0 aromatic heterocycles. The van der Waals surface area contributed by atoms with Crippen molar-refractivity contribution in [1.29, 1.82) is 0 Å². The van der Waals surface area contributed by atoms with Crippen LogP contribution in [0.4, 0.5) is 0 Å². The number of carboxylic acids is 1. The first-order valence-electron chi connectivity index (χ1n) is 9.91. The highest BCUT2D eigenvalue weighted by atomic mass is 16.7. The van der Waals surface area contributed by atoms with E-state index in [2.05, 4.69) is 0 Å². The number of carboxylic acid groups (broad SMARTS) is 1. The number of esters is 1. The Kier molecular flexibility index (Phi) is 7.87. The molecule has 1 aliphatic rings. The maximum absolute atomic E-state index is 12.6. The highest BCUT2D eigenvalue weighted by molar-refractivity contribution is 5.76. The summed E-state index contributed by atoms with van der Waals surface area (Å²) >= 11 is 0. The predicted molar refractivity (Wildman–Crippen MR) is 107 cm³/mol. The third-order valence-electron chi connectivity index (χ3n) is 5.29. The largest absolute Gasteiger partial charge is 0.508 e. The highest BCUT2D eigenvalue weighted by Crippen LogP contribution is 2.30. The number of hydrogen-bond acceptors (Lipinski definition) is 9. The minimum absolute atomic E-state index is 0.184. The second kappa shape index (κ2) is 9.82. The van der Waals surface area contributed by atoms with Crippen molar-refractivity contribution in [2.75, 3.05) is 6.61 Å². The summed E-state index contributed by atoms with van der Waals surface area (Å²) in [5, 5.41) is 48.3. The zero-order chi connectivity index (χ0) is 23.5. The Balaban J connectivity index is 1.91. The lowest BCUT2D eigenvalue weighted by molar-refractivity contribution is -0.288. The van der Waals surface area contributed by atoms with E-state index in [4.69, 9.17) is 19.3 Å². The van der Waals surface area contributed by atoms with Crippen LogP contribution in [0.25, 0.3) is 0 Å². The van der Waals surface area contributed by atoms with Gasteiger partial charge in [-0.25, -0.2) is 4.79 Å². The zero-order valence-corrected chi connectivity index (χ0v) is 17.9. The maximum atomic E-state index is 12.6. The molecule has 10 nitrogen and oxygen atoms in total. The average Bonchev–Trinajstić information content (AvgIpc) is 2.68. The van der Waals surface area contributed by atoms with Gasteiger partial charge in [0.25, 0.3) is 0 Å². The van der Waals surface area contributed by atoms with Crippen molar-refractivity contribution < 1.29 is 49.3 Å². The van der Waals surface area contributed by atoms with E-state index < -0.39 is 48.1 Å². The van der Waals surface area contributed by atoms with Crippen molar-refractivity contribution in [3.8, 4) is 11.5 Å². The Morgan fingerprint density at radius 2 is 1.71 bits per heavy atom. The van der Waals surface area contributed by atoms with Crippen LogP contribution in [-0.2, 0) is 19.1 Å². The lowest BCUT2D eigenvalue weighted by Gasteiger charge is -2.39. The van der Waals surface area contributed by atoms with E-state index in [0.29, 0.717) is 30.8 Å². The molecule has 10 heteroatoms. The molecule has 1 aromatic carbocycles. The van der Waals surface area contributed by atoms with Crippen molar-refractivity contribution in [2.45, 2.75) is 71.2 Å². The SMILES string of the molecule is Cc1cc(OCCCC(C)(C)C(=O)OC2OC(C(=O)O)C(O)C(O)C2O)c(C)cc1O. The van der Waals surface area contributed by atoms with Crippen molar-refractivity contribution in [1.82, 2.24) is 0 Å². The van der Waals surface area contributed by atoms with Crippen molar-refractivity contribution in [3.05, 3.63) is 23.3 Å². The smallest absolute Gasteiger partial charge is 0.335 e. The number of aliphatic hydroxyl groups is 3. The Bertz CT molecular complexity index is 806. The molecule has 1 heterocycles. The molecule has 1 aliphatic heterocycles. The fourth-order valence-electron chi connectivity index (χ4n) is 3.14. The summed E-state index contributed by atoms with van der Waals surface area (Å²) in [7, 11) is 0.